The molecule has 0 aliphatic rings. The predicted octanol–water partition coefficient (Wildman–Crippen LogP) is 3.49. The van der Waals surface area contributed by atoms with Crippen LogP contribution in [-0.2, 0) is 32.0 Å². The van der Waals surface area contributed by atoms with E-state index in [1.807, 2.05) is 45.0 Å². The van der Waals surface area contributed by atoms with Gasteiger partial charge in [-0.05, 0) is 67.3 Å². The van der Waals surface area contributed by atoms with Crippen LogP contribution in [0.2, 0.25) is 0 Å². The van der Waals surface area contributed by atoms with Crippen LogP contribution >= 0.6 is 6.72 Å². The van der Waals surface area contributed by atoms with Crippen molar-refractivity contribution in [3.05, 3.63) is 29.8 Å². The standard InChI is InChI=1S/C16H21N4O4PS/c1-4-21-14-7-8-15-12(10-14)9-13(16-17-18-19-20(15)16)11-24-25(26,22-5-2)23-6-3/h7-10H,4-6,11H2,1-3H3. The Morgan fingerprint density at radius 1 is 1.04 bits per heavy atom. The molecule has 26 heavy (non-hydrogen) atoms. The number of rotatable bonds is 9. The second kappa shape index (κ2) is 8.37. The maximum Gasteiger partial charge on any atom is 0.327 e. The molecule has 140 valence electrons. The molecule has 3 aromatic rings. The molecule has 3 rings (SSSR count). The summed E-state index contributed by atoms with van der Waals surface area (Å²) in [6, 6.07) is 7.75. The van der Waals surface area contributed by atoms with Crippen molar-refractivity contribution in [1.82, 2.24) is 20.0 Å². The fourth-order valence-electron chi connectivity index (χ4n) is 2.58. The fourth-order valence-corrected chi connectivity index (χ4v) is 4.53. The maximum atomic E-state index is 5.84. The van der Waals surface area contributed by atoms with Crippen LogP contribution in [0, 0.1) is 0 Å². The van der Waals surface area contributed by atoms with Gasteiger partial charge in [0.15, 0.2) is 5.65 Å². The minimum absolute atomic E-state index is 0.190. The minimum atomic E-state index is -2.79. The van der Waals surface area contributed by atoms with E-state index in [1.54, 1.807) is 4.52 Å². The maximum absolute atomic E-state index is 5.84. The number of pyridine rings is 1. The normalized spacial score (nSPS) is 12.1. The van der Waals surface area contributed by atoms with E-state index in [9.17, 15) is 0 Å². The summed E-state index contributed by atoms with van der Waals surface area (Å²) in [6.45, 7) is 4.50. The average Bonchev–Trinajstić information content (AvgIpc) is 3.10. The molecule has 2 heterocycles. The van der Waals surface area contributed by atoms with Crippen LogP contribution in [-0.4, -0.2) is 39.9 Å². The van der Waals surface area contributed by atoms with Crippen LogP contribution in [0.4, 0.5) is 0 Å². The first kappa shape index (κ1) is 19.1. The van der Waals surface area contributed by atoms with E-state index in [1.165, 1.54) is 0 Å². The molecule has 0 unspecified atom stereocenters. The van der Waals surface area contributed by atoms with Gasteiger partial charge in [0.25, 0.3) is 0 Å². The molecule has 1 aromatic carbocycles. The summed E-state index contributed by atoms with van der Waals surface area (Å²) in [7, 11) is 0. The van der Waals surface area contributed by atoms with E-state index < -0.39 is 6.72 Å². The second-order valence-corrected chi connectivity index (χ2v) is 8.30. The molecule has 0 radical (unpaired) electrons. The van der Waals surface area contributed by atoms with Gasteiger partial charge in [0.2, 0.25) is 0 Å². The second-order valence-electron chi connectivity index (χ2n) is 5.29. The Balaban J connectivity index is 1.98. The van der Waals surface area contributed by atoms with Gasteiger partial charge in [0, 0.05) is 10.9 Å². The number of aromatic nitrogens is 4. The van der Waals surface area contributed by atoms with Gasteiger partial charge in [-0.25, -0.2) is 0 Å². The Kier molecular flexibility index (Phi) is 6.16. The van der Waals surface area contributed by atoms with Gasteiger partial charge in [-0.3, -0.25) is 0 Å². The highest BCUT2D eigenvalue weighted by Gasteiger charge is 2.21. The lowest BCUT2D eigenvalue weighted by Gasteiger charge is -2.20. The number of ether oxygens (including phenoxy) is 1. The van der Waals surface area contributed by atoms with Crippen molar-refractivity contribution in [1.29, 1.82) is 0 Å². The lowest BCUT2D eigenvalue weighted by Crippen LogP contribution is -2.03. The van der Waals surface area contributed by atoms with Crippen molar-refractivity contribution < 1.29 is 18.3 Å². The third kappa shape index (κ3) is 4.02. The van der Waals surface area contributed by atoms with Gasteiger partial charge in [0.05, 0.1) is 31.9 Å². The topological polar surface area (TPSA) is 80.0 Å². The van der Waals surface area contributed by atoms with Crippen LogP contribution in [0.25, 0.3) is 16.6 Å². The van der Waals surface area contributed by atoms with Crippen molar-refractivity contribution in [2.45, 2.75) is 27.4 Å². The van der Waals surface area contributed by atoms with E-state index in [2.05, 4.69) is 15.5 Å². The Hall–Kier alpha value is -1.64. The quantitative estimate of drug-likeness (QED) is 0.509. The number of fused-ring (bicyclic) bond motifs is 3. The number of hydrogen-bond donors (Lipinski definition) is 0. The molecule has 0 fully saturated rings. The summed E-state index contributed by atoms with van der Waals surface area (Å²) in [5, 5.41) is 12.9. The Morgan fingerprint density at radius 2 is 1.81 bits per heavy atom. The van der Waals surface area contributed by atoms with Gasteiger partial charge < -0.3 is 18.3 Å². The molecule has 0 N–H and O–H groups in total. The number of nitrogens with zero attached hydrogens (tertiary/aromatic N) is 4. The highest BCUT2D eigenvalue weighted by molar-refractivity contribution is 8.07. The summed E-state index contributed by atoms with van der Waals surface area (Å²) >= 11 is 5.42. The first-order valence-corrected chi connectivity index (χ1v) is 11.0. The lowest BCUT2D eigenvalue weighted by molar-refractivity contribution is 0.161. The van der Waals surface area contributed by atoms with Crippen molar-refractivity contribution in [2.24, 2.45) is 0 Å². The van der Waals surface area contributed by atoms with Crippen LogP contribution in [0.5, 0.6) is 5.75 Å². The molecule has 0 atom stereocenters. The largest absolute Gasteiger partial charge is 0.494 e. The van der Waals surface area contributed by atoms with E-state index in [-0.39, 0.29) is 6.61 Å². The molecular weight excluding hydrogens is 375 g/mol. The van der Waals surface area contributed by atoms with Crippen molar-refractivity contribution >= 4 is 35.1 Å². The zero-order valence-electron chi connectivity index (χ0n) is 14.9. The van der Waals surface area contributed by atoms with Crippen LogP contribution in [0.3, 0.4) is 0 Å². The van der Waals surface area contributed by atoms with E-state index in [0.717, 1.165) is 22.2 Å². The summed E-state index contributed by atoms with van der Waals surface area (Å²) in [4.78, 5) is 0. The van der Waals surface area contributed by atoms with E-state index in [0.29, 0.717) is 25.5 Å². The molecule has 0 bridgehead atoms. The minimum Gasteiger partial charge on any atom is -0.494 e. The molecule has 0 spiro atoms. The summed E-state index contributed by atoms with van der Waals surface area (Å²) in [5.41, 5.74) is 2.28. The Morgan fingerprint density at radius 3 is 2.50 bits per heavy atom. The zero-order valence-corrected chi connectivity index (χ0v) is 16.6. The Labute approximate surface area is 156 Å². The van der Waals surface area contributed by atoms with E-state index >= 15 is 0 Å². The predicted molar refractivity (Wildman–Crippen MR) is 102 cm³/mol. The molecular formula is C16H21N4O4PS. The first-order chi connectivity index (χ1) is 12.6. The molecule has 0 amide bonds. The lowest BCUT2D eigenvalue weighted by atomic mass is 10.1. The average molecular weight is 396 g/mol. The van der Waals surface area contributed by atoms with E-state index in [4.69, 9.17) is 30.1 Å². The van der Waals surface area contributed by atoms with Crippen molar-refractivity contribution in [3.63, 3.8) is 0 Å². The highest BCUT2D eigenvalue weighted by atomic mass is 32.5. The van der Waals surface area contributed by atoms with Gasteiger partial charge in [-0.2, -0.15) is 4.52 Å². The van der Waals surface area contributed by atoms with Crippen LogP contribution in [0.15, 0.2) is 24.3 Å². The number of tetrazole rings is 1. The Bertz CT molecular complexity index is 939. The third-order valence-electron chi connectivity index (χ3n) is 3.58. The monoisotopic (exact) mass is 396 g/mol. The number of benzene rings is 1. The molecule has 0 saturated carbocycles. The number of hydrogen-bond acceptors (Lipinski definition) is 8. The molecule has 8 nitrogen and oxygen atoms in total. The van der Waals surface area contributed by atoms with Gasteiger partial charge in [-0.15, -0.1) is 5.10 Å². The fraction of sp³-hybridized carbons (Fsp3) is 0.438. The van der Waals surface area contributed by atoms with Gasteiger partial charge >= 0.3 is 6.72 Å². The van der Waals surface area contributed by atoms with Crippen LogP contribution < -0.4 is 4.74 Å². The molecule has 10 heteroatoms. The first-order valence-electron chi connectivity index (χ1n) is 8.40. The highest BCUT2D eigenvalue weighted by Crippen LogP contribution is 2.50. The summed E-state index contributed by atoms with van der Waals surface area (Å²) in [6.07, 6.45) is 0. The smallest absolute Gasteiger partial charge is 0.327 e. The third-order valence-corrected chi connectivity index (χ3v) is 6.12. The van der Waals surface area contributed by atoms with Crippen LogP contribution in [0.1, 0.15) is 26.3 Å². The summed E-state index contributed by atoms with van der Waals surface area (Å²) < 4.78 is 24.2. The summed E-state index contributed by atoms with van der Waals surface area (Å²) in [5.74, 6) is 0.785. The van der Waals surface area contributed by atoms with Crippen molar-refractivity contribution in [2.75, 3.05) is 19.8 Å². The zero-order chi connectivity index (χ0) is 18.6. The van der Waals surface area contributed by atoms with Crippen molar-refractivity contribution in [3.8, 4) is 5.75 Å². The SMILES string of the molecule is CCOc1ccc2c(c1)cc(COP(=S)(OCC)OCC)c1nnnn12. The van der Waals surface area contributed by atoms with Gasteiger partial charge in [-0.1, -0.05) is 0 Å². The molecule has 0 aliphatic carbocycles. The molecule has 0 aliphatic heterocycles. The molecule has 2 aromatic heterocycles. The van der Waals surface area contributed by atoms with Gasteiger partial charge in [0.1, 0.15) is 5.75 Å². The molecule has 0 saturated heterocycles.